The molecule has 1 heterocycles. The number of rotatable bonds is 5. The van der Waals surface area contributed by atoms with Crippen molar-refractivity contribution in [1.29, 1.82) is 0 Å². The Morgan fingerprint density at radius 3 is 3.05 bits per heavy atom. The Hall–Kier alpha value is -1.88. The van der Waals surface area contributed by atoms with Crippen LogP contribution in [0, 0.1) is 0 Å². The first kappa shape index (κ1) is 12.2. The molecule has 0 unspecified atom stereocenters. The summed E-state index contributed by atoms with van der Waals surface area (Å²) in [4.78, 5) is 16.1. The maximum Gasteiger partial charge on any atom is 0.238 e. The van der Waals surface area contributed by atoms with E-state index >= 15 is 0 Å². The zero-order valence-corrected chi connectivity index (χ0v) is 10.9. The number of amides is 1. The molecule has 0 radical (unpaired) electrons. The van der Waals surface area contributed by atoms with Crippen LogP contribution in [-0.4, -0.2) is 24.0 Å². The topological polar surface area (TPSA) is 67.2 Å². The Kier molecular flexibility index (Phi) is 3.21. The third-order valence-corrected chi connectivity index (χ3v) is 3.15. The quantitative estimate of drug-likeness (QED) is 0.864. The van der Waals surface area contributed by atoms with Gasteiger partial charge in [-0.1, -0.05) is 6.92 Å². The van der Waals surface area contributed by atoms with E-state index in [4.69, 9.17) is 4.42 Å². The molecule has 1 fully saturated rings. The Morgan fingerprint density at radius 1 is 1.47 bits per heavy atom. The summed E-state index contributed by atoms with van der Waals surface area (Å²) in [5.74, 6) is 1.28. The lowest BCUT2D eigenvalue weighted by Crippen LogP contribution is -2.27. The van der Waals surface area contributed by atoms with Gasteiger partial charge in [0.1, 0.15) is 5.52 Å². The van der Waals surface area contributed by atoms with Crippen molar-refractivity contribution in [2.75, 3.05) is 18.4 Å². The predicted octanol–water partition coefficient (Wildman–Crippen LogP) is 2.25. The average Bonchev–Trinajstić information content (AvgIpc) is 3.16. The molecule has 1 saturated carbocycles. The Morgan fingerprint density at radius 2 is 2.32 bits per heavy atom. The molecule has 0 saturated heterocycles. The third-order valence-electron chi connectivity index (χ3n) is 3.15. The first-order valence-electron chi connectivity index (χ1n) is 6.67. The van der Waals surface area contributed by atoms with Gasteiger partial charge in [-0.25, -0.2) is 4.98 Å². The van der Waals surface area contributed by atoms with Gasteiger partial charge in [-0.3, -0.25) is 4.79 Å². The fourth-order valence-corrected chi connectivity index (χ4v) is 1.97. The number of aromatic nitrogens is 1. The van der Waals surface area contributed by atoms with E-state index in [-0.39, 0.29) is 5.91 Å². The number of anilines is 1. The number of hydrogen-bond acceptors (Lipinski definition) is 4. The van der Waals surface area contributed by atoms with Gasteiger partial charge >= 0.3 is 0 Å². The Balaban J connectivity index is 1.75. The summed E-state index contributed by atoms with van der Waals surface area (Å²) < 4.78 is 5.68. The summed E-state index contributed by atoms with van der Waals surface area (Å²) in [6.45, 7) is 3.06. The van der Waals surface area contributed by atoms with Crippen LogP contribution in [0.5, 0.6) is 0 Å². The molecular weight excluding hydrogens is 242 g/mol. The van der Waals surface area contributed by atoms with Crippen molar-refractivity contribution < 1.29 is 9.21 Å². The summed E-state index contributed by atoms with van der Waals surface area (Å²) in [5, 5.41) is 5.83. The van der Waals surface area contributed by atoms with Crippen molar-refractivity contribution in [3.05, 3.63) is 24.1 Å². The molecule has 100 valence electrons. The lowest BCUT2D eigenvalue weighted by Gasteiger charge is -2.04. The van der Waals surface area contributed by atoms with Gasteiger partial charge in [-0.15, -0.1) is 0 Å². The molecule has 19 heavy (non-hydrogen) atoms. The standard InChI is InChI=1S/C14H17N3O2/c1-2-15-8-13(18)16-10-5-6-12-11(7-10)17-14(19-12)9-3-4-9/h5-7,9,15H,2-4,8H2,1H3,(H,16,18). The van der Waals surface area contributed by atoms with Crippen LogP contribution in [0.4, 0.5) is 5.69 Å². The molecule has 3 rings (SSSR count). The average molecular weight is 259 g/mol. The van der Waals surface area contributed by atoms with Crippen LogP contribution in [0.25, 0.3) is 11.1 Å². The number of oxazole rings is 1. The van der Waals surface area contributed by atoms with Crippen molar-refractivity contribution in [2.24, 2.45) is 0 Å². The molecule has 1 aromatic carbocycles. The van der Waals surface area contributed by atoms with Crippen molar-refractivity contribution in [1.82, 2.24) is 10.3 Å². The van der Waals surface area contributed by atoms with Crippen molar-refractivity contribution in [3.63, 3.8) is 0 Å². The number of likely N-dealkylation sites (N-methyl/N-ethyl adjacent to an activating group) is 1. The number of nitrogens with zero attached hydrogens (tertiary/aromatic N) is 1. The minimum Gasteiger partial charge on any atom is -0.440 e. The summed E-state index contributed by atoms with van der Waals surface area (Å²) in [5.41, 5.74) is 2.35. The highest BCUT2D eigenvalue weighted by molar-refractivity contribution is 5.94. The molecular formula is C14H17N3O2. The zero-order valence-electron chi connectivity index (χ0n) is 10.9. The summed E-state index contributed by atoms with van der Waals surface area (Å²) in [6, 6.07) is 5.56. The van der Waals surface area contributed by atoms with Crippen LogP contribution in [0.15, 0.2) is 22.6 Å². The molecule has 0 atom stereocenters. The van der Waals surface area contributed by atoms with Gasteiger partial charge in [0, 0.05) is 11.6 Å². The van der Waals surface area contributed by atoms with Crippen LogP contribution in [0.3, 0.4) is 0 Å². The number of fused-ring (bicyclic) bond motifs is 1. The summed E-state index contributed by atoms with van der Waals surface area (Å²) in [6.07, 6.45) is 2.33. The number of carbonyl (C=O) groups excluding carboxylic acids is 1. The first-order chi connectivity index (χ1) is 9.26. The normalized spacial score (nSPS) is 14.8. The van der Waals surface area contributed by atoms with Crippen molar-refractivity contribution >= 4 is 22.7 Å². The van der Waals surface area contributed by atoms with E-state index in [0.29, 0.717) is 12.5 Å². The fraction of sp³-hybridized carbons (Fsp3) is 0.429. The smallest absolute Gasteiger partial charge is 0.238 e. The molecule has 1 amide bonds. The van der Waals surface area contributed by atoms with Gasteiger partial charge in [0.15, 0.2) is 11.5 Å². The van der Waals surface area contributed by atoms with Gasteiger partial charge in [0.25, 0.3) is 0 Å². The number of hydrogen-bond donors (Lipinski definition) is 2. The maximum atomic E-state index is 11.6. The fourth-order valence-electron chi connectivity index (χ4n) is 1.97. The lowest BCUT2D eigenvalue weighted by atomic mass is 10.3. The van der Waals surface area contributed by atoms with E-state index in [1.807, 2.05) is 25.1 Å². The van der Waals surface area contributed by atoms with Crippen LogP contribution in [0.1, 0.15) is 31.6 Å². The van der Waals surface area contributed by atoms with Gasteiger partial charge in [0.2, 0.25) is 5.91 Å². The molecule has 0 spiro atoms. The van der Waals surface area contributed by atoms with Gasteiger partial charge in [-0.2, -0.15) is 0 Å². The van der Waals surface area contributed by atoms with Gasteiger partial charge in [-0.05, 0) is 37.6 Å². The summed E-state index contributed by atoms with van der Waals surface area (Å²) in [7, 11) is 0. The van der Waals surface area contributed by atoms with E-state index in [1.165, 1.54) is 12.8 Å². The SMILES string of the molecule is CCNCC(=O)Nc1ccc2oc(C3CC3)nc2c1. The Labute approximate surface area is 111 Å². The zero-order chi connectivity index (χ0) is 13.2. The molecule has 2 N–H and O–H groups in total. The van der Waals surface area contributed by atoms with Crippen LogP contribution in [0.2, 0.25) is 0 Å². The lowest BCUT2D eigenvalue weighted by molar-refractivity contribution is -0.115. The van der Waals surface area contributed by atoms with E-state index in [1.54, 1.807) is 0 Å². The summed E-state index contributed by atoms with van der Waals surface area (Å²) >= 11 is 0. The second-order valence-electron chi connectivity index (χ2n) is 4.84. The molecule has 1 aliphatic rings. The largest absolute Gasteiger partial charge is 0.440 e. The number of carbonyl (C=O) groups is 1. The minimum absolute atomic E-state index is 0.0490. The molecule has 5 nitrogen and oxygen atoms in total. The van der Waals surface area contributed by atoms with Crippen molar-refractivity contribution in [2.45, 2.75) is 25.7 Å². The number of nitrogens with one attached hydrogen (secondary N) is 2. The second-order valence-corrected chi connectivity index (χ2v) is 4.84. The second kappa shape index (κ2) is 5.01. The number of benzene rings is 1. The van der Waals surface area contributed by atoms with Crippen LogP contribution in [-0.2, 0) is 4.79 Å². The molecule has 5 heteroatoms. The highest BCUT2D eigenvalue weighted by atomic mass is 16.3. The van der Waals surface area contributed by atoms with E-state index < -0.39 is 0 Å². The highest BCUT2D eigenvalue weighted by Gasteiger charge is 2.28. The highest BCUT2D eigenvalue weighted by Crippen LogP contribution is 2.40. The Bertz CT molecular complexity index is 602. The van der Waals surface area contributed by atoms with Crippen molar-refractivity contribution in [3.8, 4) is 0 Å². The van der Waals surface area contributed by atoms with Crippen LogP contribution >= 0.6 is 0 Å². The predicted molar refractivity (Wildman–Crippen MR) is 73.2 cm³/mol. The third kappa shape index (κ3) is 2.76. The first-order valence-corrected chi connectivity index (χ1v) is 6.67. The van der Waals surface area contributed by atoms with Gasteiger partial charge in [0.05, 0.1) is 6.54 Å². The van der Waals surface area contributed by atoms with E-state index in [2.05, 4.69) is 15.6 Å². The van der Waals surface area contributed by atoms with Gasteiger partial charge < -0.3 is 15.1 Å². The molecule has 0 aliphatic heterocycles. The molecule has 0 bridgehead atoms. The molecule has 2 aromatic rings. The molecule has 1 aromatic heterocycles. The van der Waals surface area contributed by atoms with E-state index in [9.17, 15) is 4.79 Å². The maximum absolute atomic E-state index is 11.6. The minimum atomic E-state index is -0.0490. The van der Waals surface area contributed by atoms with E-state index in [0.717, 1.165) is 29.2 Å². The molecule has 1 aliphatic carbocycles. The van der Waals surface area contributed by atoms with Crippen LogP contribution < -0.4 is 10.6 Å². The monoisotopic (exact) mass is 259 g/mol.